The van der Waals surface area contributed by atoms with E-state index in [1.54, 1.807) is 0 Å². The summed E-state index contributed by atoms with van der Waals surface area (Å²) in [6.45, 7) is 8.33. The minimum Gasteiger partial charge on any atom is -0.297 e. The van der Waals surface area contributed by atoms with Crippen LogP contribution in [0.5, 0.6) is 0 Å². The number of thiophene rings is 1. The van der Waals surface area contributed by atoms with Gasteiger partial charge < -0.3 is 0 Å². The third-order valence-corrected chi connectivity index (χ3v) is 5.59. The van der Waals surface area contributed by atoms with E-state index in [-0.39, 0.29) is 0 Å². The average Bonchev–Trinajstić information content (AvgIpc) is 2.57. The van der Waals surface area contributed by atoms with Gasteiger partial charge in [0.25, 0.3) is 0 Å². The van der Waals surface area contributed by atoms with E-state index in [4.69, 9.17) is 0 Å². The highest BCUT2D eigenvalue weighted by atomic mass is 79.9. The quantitative estimate of drug-likeness (QED) is 0.805. The van der Waals surface area contributed by atoms with Gasteiger partial charge in [-0.05, 0) is 45.6 Å². The van der Waals surface area contributed by atoms with Crippen LogP contribution >= 0.6 is 27.3 Å². The van der Waals surface area contributed by atoms with Crippen molar-refractivity contribution in [2.24, 2.45) is 5.41 Å². The topological polar surface area (TPSA) is 3.24 Å². The van der Waals surface area contributed by atoms with Crippen LogP contribution < -0.4 is 0 Å². The van der Waals surface area contributed by atoms with Crippen LogP contribution in [-0.4, -0.2) is 18.0 Å². The number of hydrogen-bond acceptors (Lipinski definition) is 2. The zero-order chi connectivity index (χ0) is 10.9. The molecule has 0 saturated carbocycles. The molecule has 15 heavy (non-hydrogen) atoms. The van der Waals surface area contributed by atoms with Crippen molar-refractivity contribution >= 4 is 27.3 Å². The fourth-order valence-electron chi connectivity index (χ4n) is 2.35. The van der Waals surface area contributed by atoms with Gasteiger partial charge in [-0.3, -0.25) is 4.90 Å². The molecule has 0 aliphatic carbocycles. The van der Waals surface area contributed by atoms with E-state index in [2.05, 4.69) is 46.1 Å². The highest BCUT2D eigenvalue weighted by molar-refractivity contribution is 9.10. The number of likely N-dealkylation sites (tertiary alicyclic amines) is 1. The molecule has 1 nitrogen and oxygen atoms in total. The van der Waals surface area contributed by atoms with Crippen LogP contribution in [0.25, 0.3) is 0 Å². The first-order chi connectivity index (χ1) is 7.19. The van der Waals surface area contributed by atoms with E-state index in [1.165, 1.54) is 35.3 Å². The lowest BCUT2D eigenvalue weighted by molar-refractivity contribution is -0.0114. The Labute approximate surface area is 105 Å². The molecule has 84 valence electrons. The molecule has 0 N–H and O–H groups in total. The largest absolute Gasteiger partial charge is 0.297 e. The first kappa shape index (κ1) is 11.6. The highest BCUT2D eigenvalue weighted by Gasteiger charge is 2.39. The molecule has 1 aliphatic rings. The van der Waals surface area contributed by atoms with Gasteiger partial charge in [-0.15, -0.1) is 11.3 Å². The average molecular weight is 288 g/mol. The molecular formula is C12H18BrNS. The van der Waals surface area contributed by atoms with Crippen LogP contribution in [0.15, 0.2) is 15.9 Å². The molecule has 2 rings (SSSR count). The maximum Gasteiger partial charge on any atom is 0.0339 e. The van der Waals surface area contributed by atoms with Crippen molar-refractivity contribution in [2.45, 2.75) is 33.2 Å². The fourth-order valence-corrected chi connectivity index (χ4v) is 3.87. The van der Waals surface area contributed by atoms with Crippen LogP contribution in [0.2, 0.25) is 0 Å². The molecule has 0 spiro atoms. The number of halogens is 1. The predicted molar refractivity (Wildman–Crippen MR) is 70.3 cm³/mol. The van der Waals surface area contributed by atoms with E-state index in [9.17, 15) is 0 Å². The van der Waals surface area contributed by atoms with Crippen molar-refractivity contribution in [3.8, 4) is 0 Å². The summed E-state index contributed by atoms with van der Waals surface area (Å²) in [6.07, 6.45) is 2.65. The molecule has 3 heteroatoms. The van der Waals surface area contributed by atoms with Crippen molar-refractivity contribution in [2.75, 3.05) is 13.1 Å². The van der Waals surface area contributed by atoms with Crippen molar-refractivity contribution < 1.29 is 0 Å². The van der Waals surface area contributed by atoms with Gasteiger partial charge >= 0.3 is 0 Å². The molecule has 1 fully saturated rings. The molecule has 1 aliphatic heterocycles. The molecule has 1 saturated heterocycles. The lowest BCUT2D eigenvalue weighted by Gasteiger charge is -2.50. The zero-order valence-corrected chi connectivity index (χ0v) is 11.8. The lowest BCUT2D eigenvalue weighted by Crippen LogP contribution is -2.54. The van der Waals surface area contributed by atoms with Crippen molar-refractivity contribution in [1.82, 2.24) is 4.90 Å². The normalized spacial score (nSPS) is 20.2. The zero-order valence-electron chi connectivity index (χ0n) is 9.42. The van der Waals surface area contributed by atoms with Gasteiger partial charge in [0.1, 0.15) is 0 Å². The van der Waals surface area contributed by atoms with Crippen molar-refractivity contribution in [3.05, 3.63) is 20.8 Å². The summed E-state index contributed by atoms with van der Waals surface area (Å²) in [7, 11) is 0. The van der Waals surface area contributed by atoms with Gasteiger partial charge in [0.15, 0.2) is 0 Å². The van der Waals surface area contributed by atoms with Gasteiger partial charge in [0.05, 0.1) is 0 Å². The summed E-state index contributed by atoms with van der Waals surface area (Å²) < 4.78 is 1.28. The second-order valence-electron chi connectivity index (χ2n) is 4.54. The molecular weight excluding hydrogens is 270 g/mol. The Kier molecular flexibility index (Phi) is 3.53. The summed E-state index contributed by atoms with van der Waals surface area (Å²) in [5, 5.41) is 2.16. The monoisotopic (exact) mass is 287 g/mol. The number of rotatable bonds is 4. The molecule has 1 aromatic rings. The molecule has 0 unspecified atom stereocenters. The molecule has 0 radical (unpaired) electrons. The third-order valence-electron chi connectivity index (χ3n) is 3.68. The second-order valence-corrected chi connectivity index (χ2v) is 6.40. The molecule has 1 aromatic heterocycles. The summed E-state index contributed by atoms with van der Waals surface area (Å²) in [5.41, 5.74) is 0.629. The smallest absolute Gasteiger partial charge is 0.0339 e. The third kappa shape index (κ3) is 2.29. The molecule has 0 bridgehead atoms. The Morgan fingerprint density at radius 2 is 2.07 bits per heavy atom. The maximum atomic E-state index is 3.59. The van der Waals surface area contributed by atoms with Gasteiger partial charge in [-0.2, -0.15) is 0 Å². The SMILES string of the molecule is CCC1(CC)CN(Cc2sccc2Br)C1. The van der Waals surface area contributed by atoms with Crippen molar-refractivity contribution in [1.29, 1.82) is 0 Å². The van der Waals surface area contributed by atoms with E-state index >= 15 is 0 Å². The van der Waals surface area contributed by atoms with E-state index < -0.39 is 0 Å². The summed E-state index contributed by atoms with van der Waals surface area (Å²) in [6, 6.07) is 2.15. The second kappa shape index (κ2) is 4.56. The first-order valence-corrected chi connectivity index (χ1v) is 7.30. The van der Waals surface area contributed by atoms with Gasteiger partial charge in [0.2, 0.25) is 0 Å². The Balaban J connectivity index is 1.88. The number of hydrogen-bond donors (Lipinski definition) is 0. The maximum absolute atomic E-state index is 3.59. The Bertz CT molecular complexity index is 322. The van der Waals surface area contributed by atoms with Crippen LogP contribution in [0, 0.1) is 5.41 Å². The van der Waals surface area contributed by atoms with E-state index in [0.29, 0.717) is 5.41 Å². The minimum atomic E-state index is 0.629. The van der Waals surface area contributed by atoms with Gasteiger partial charge in [-0.25, -0.2) is 0 Å². The fraction of sp³-hybridized carbons (Fsp3) is 0.667. The highest BCUT2D eigenvalue weighted by Crippen LogP contribution is 2.38. The van der Waals surface area contributed by atoms with Crippen LogP contribution in [0.1, 0.15) is 31.6 Å². The Hall–Kier alpha value is 0.140. The van der Waals surface area contributed by atoms with Crippen LogP contribution in [-0.2, 0) is 6.54 Å². The summed E-state index contributed by atoms with van der Waals surface area (Å²) in [5.74, 6) is 0. The summed E-state index contributed by atoms with van der Waals surface area (Å²) in [4.78, 5) is 4.03. The first-order valence-electron chi connectivity index (χ1n) is 5.63. The predicted octanol–water partition coefficient (Wildman–Crippen LogP) is 4.13. The Morgan fingerprint density at radius 1 is 1.40 bits per heavy atom. The van der Waals surface area contributed by atoms with E-state index in [1.807, 2.05) is 11.3 Å². The van der Waals surface area contributed by atoms with Crippen LogP contribution in [0.3, 0.4) is 0 Å². The lowest BCUT2D eigenvalue weighted by atomic mass is 9.75. The molecule has 0 atom stereocenters. The standard InChI is InChI=1S/C12H18BrNS/c1-3-12(4-2)8-14(9-12)7-11-10(13)5-6-15-11/h5-6H,3-4,7-9H2,1-2H3. The van der Waals surface area contributed by atoms with E-state index in [0.717, 1.165) is 6.54 Å². The van der Waals surface area contributed by atoms with Crippen molar-refractivity contribution in [3.63, 3.8) is 0 Å². The van der Waals surface area contributed by atoms with Gasteiger partial charge in [0, 0.05) is 29.0 Å². The minimum absolute atomic E-state index is 0.629. The molecule has 0 amide bonds. The van der Waals surface area contributed by atoms with Gasteiger partial charge in [-0.1, -0.05) is 13.8 Å². The van der Waals surface area contributed by atoms with Crippen LogP contribution in [0.4, 0.5) is 0 Å². The molecule has 0 aromatic carbocycles. The Morgan fingerprint density at radius 3 is 2.53 bits per heavy atom. The summed E-state index contributed by atoms with van der Waals surface area (Å²) >= 11 is 5.45. The number of nitrogens with zero attached hydrogens (tertiary/aromatic N) is 1. The molecule has 2 heterocycles.